The van der Waals surface area contributed by atoms with Crippen LogP contribution in [0.15, 0.2) is 36.4 Å². The second-order valence-electron chi connectivity index (χ2n) is 6.35. The van der Waals surface area contributed by atoms with Gasteiger partial charge in [0.2, 0.25) is 5.91 Å². The summed E-state index contributed by atoms with van der Waals surface area (Å²) in [6.07, 6.45) is -4.80. The molecule has 2 atom stereocenters. The minimum Gasteiger partial charge on any atom is -0.493 e. The van der Waals surface area contributed by atoms with E-state index in [0.717, 1.165) is 24.3 Å². The Hall–Kier alpha value is -2.55. The standard InChI is InChI=1S/C19H15ClF5NO3/c1-28-17-14(22)7-6-13(21)16(17)15-8-12(20)18(27)26(15)9-10-2-4-11(5-3-10)29-19(23,24)25/h2-7,12,15H,8-9H2,1H3/t12-,15+/m0/s1. The fourth-order valence-electron chi connectivity index (χ4n) is 3.28. The molecule has 10 heteroatoms. The highest BCUT2D eigenvalue weighted by Crippen LogP contribution is 2.42. The summed E-state index contributed by atoms with van der Waals surface area (Å²) in [4.78, 5) is 13.8. The number of carbonyl (C=O) groups excluding carboxylic acids is 1. The number of hydrogen-bond donors (Lipinski definition) is 0. The summed E-state index contributed by atoms with van der Waals surface area (Å²) in [5, 5.41) is -0.958. The zero-order valence-electron chi connectivity index (χ0n) is 15.0. The molecule has 4 nitrogen and oxygen atoms in total. The van der Waals surface area contributed by atoms with Crippen LogP contribution in [0.4, 0.5) is 22.0 Å². The molecule has 1 aliphatic heterocycles. The number of halogens is 6. The Kier molecular flexibility index (Phi) is 5.88. The lowest BCUT2D eigenvalue weighted by atomic mass is 10.0. The van der Waals surface area contributed by atoms with Gasteiger partial charge in [-0.05, 0) is 36.2 Å². The molecule has 1 saturated heterocycles. The number of methoxy groups -OCH3 is 1. The van der Waals surface area contributed by atoms with Crippen molar-refractivity contribution in [3.63, 3.8) is 0 Å². The SMILES string of the molecule is COc1c(F)ccc(F)c1[C@H]1C[C@H](Cl)C(=O)N1Cc1ccc(OC(F)(F)F)cc1. The van der Waals surface area contributed by atoms with Gasteiger partial charge in [0.1, 0.15) is 16.9 Å². The van der Waals surface area contributed by atoms with E-state index in [1.807, 2.05) is 0 Å². The van der Waals surface area contributed by atoms with Gasteiger partial charge in [0.25, 0.3) is 0 Å². The summed E-state index contributed by atoms with van der Waals surface area (Å²) >= 11 is 6.06. The molecule has 0 aromatic heterocycles. The van der Waals surface area contributed by atoms with Crippen molar-refractivity contribution in [2.75, 3.05) is 7.11 Å². The van der Waals surface area contributed by atoms with Crippen LogP contribution in [-0.2, 0) is 11.3 Å². The van der Waals surface area contributed by atoms with Crippen LogP contribution in [0.25, 0.3) is 0 Å². The number of alkyl halides is 4. The largest absolute Gasteiger partial charge is 0.573 e. The molecule has 0 spiro atoms. The Morgan fingerprint density at radius 2 is 1.72 bits per heavy atom. The molecule has 0 aliphatic carbocycles. The molecule has 0 N–H and O–H groups in total. The van der Waals surface area contributed by atoms with E-state index in [1.54, 1.807) is 0 Å². The van der Waals surface area contributed by atoms with Gasteiger partial charge in [0.05, 0.1) is 18.7 Å². The predicted molar refractivity (Wildman–Crippen MR) is 93.6 cm³/mol. The Bertz CT molecular complexity index is 904. The van der Waals surface area contributed by atoms with Gasteiger partial charge in [-0.3, -0.25) is 4.79 Å². The van der Waals surface area contributed by atoms with E-state index in [2.05, 4.69) is 4.74 Å². The second kappa shape index (κ2) is 8.06. The van der Waals surface area contributed by atoms with Crippen LogP contribution < -0.4 is 9.47 Å². The molecular formula is C19H15ClF5NO3. The van der Waals surface area contributed by atoms with Crippen molar-refractivity contribution in [2.45, 2.75) is 30.7 Å². The molecule has 0 bridgehead atoms. The van der Waals surface area contributed by atoms with Gasteiger partial charge in [0, 0.05) is 6.54 Å². The Labute approximate surface area is 167 Å². The first-order valence-corrected chi connectivity index (χ1v) is 8.85. The monoisotopic (exact) mass is 435 g/mol. The smallest absolute Gasteiger partial charge is 0.493 e. The molecule has 1 amide bonds. The van der Waals surface area contributed by atoms with Gasteiger partial charge in [0.15, 0.2) is 11.6 Å². The van der Waals surface area contributed by atoms with Crippen molar-refractivity contribution in [3.8, 4) is 11.5 Å². The van der Waals surface area contributed by atoms with Crippen molar-refractivity contribution < 1.29 is 36.2 Å². The molecule has 3 rings (SSSR count). The average molecular weight is 436 g/mol. The van der Waals surface area contributed by atoms with Gasteiger partial charge >= 0.3 is 6.36 Å². The molecule has 0 radical (unpaired) electrons. The van der Waals surface area contributed by atoms with Gasteiger partial charge in [-0.25, -0.2) is 8.78 Å². The number of benzene rings is 2. The van der Waals surface area contributed by atoms with E-state index in [4.69, 9.17) is 16.3 Å². The van der Waals surface area contributed by atoms with E-state index in [0.29, 0.717) is 5.56 Å². The Balaban J connectivity index is 1.90. The van der Waals surface area contributed by atoms with E-state index in [-0.39, 0.29) is 24.3 Å². The molecule has 29 heavy (non-hydrogen) atoms. The summed E-state index contributed by atoms with van der Waals surface area (Å²) in [7, 11) is 1.18. The number of nitrogens with zero attached hydrogens (tertiary/aromatic N) is 1. The molecule has 2 aromatic rings. The van der Waals surface area contributed by atoms with E-state index < -0.39 is 41.1 Å². The highest BCUT2D eigenvalue weighted by Gasteiger charge is 2.42. The number of ether oxygens (including phenoxy) is 2. The van der Waals surface area contributed by atoms with E-state index >= 15 is 0 Å². The van der Waals surface area contributed by atoms with Crippen molar-refractivity contribution in [1.82, 2.24) is 4.90 Å². The third-order valence-electron chi connectivity index (χ3n) is 4.50. The fraction of sp³-hybridized carbons (Fsp3) is 0.316. The maximum atomic E-state index is 14.5. The molecule has 0 saturated carbocycles. The first kappa shape index (κ1) is 21.2. The van der Waals surface area contributed by atoms with Crippen LogP contribution >= 0.6 is 11.6 Å². The number of likely N-dealkylation sites (tertiary alicyclic amines) is 1. The summed E-state index contributed by atoms with van der Waals surface area (Å²) < 4.78 is 74.2. The van der Waals surface area contributed by atoms with Gasteiger partial charge in [-0.15, -0.1) is 24.8 Å². The molecule has 1 fully saturated rings. The van der Waals surface area contributed by atoms with Crippen LogP contribution in [0.1, 0.15) is 23.6 Å². The third-order valence-corrected chi connectivity index (χ3v) is 4.86. The molecule has 156 valence electrons. The summed E-state index contributed by atoms with van der Waals surface area (Å²) in [5.41, 5.74) is 0.320. The van der Waals surface area contributed by atoms with E-state index in [9.17, 15) is 26.7 Å². The summed E-state index contributed by atoms with van der Waals surface area (Å²) in [6.45, 7) is -0.0713. The molecule has 1 aliphatic rings. The average Bonchev–Trinajstić information content (AvgIpc) is 2.91. The topological polar surface area (TPSA) is 38.8 Å². The lowest BCUT2D eigenvalue weighted by molar-refractivity contribution is -0.274. The summed E-state index contributed by atoms with van der Waals surface area (Å²) in [6, 6.07) is 5.82. The third kappa shape index (κ3) is 4.55. The lowest BCUT2D eigenvalue weighted by Gasteiger charge is -2.27. The number of carbonyl (C=O) groups is 1. The van der Waals surface area contributed by atoms with E-state index in [1.165, 1.54) is 24.1 Å². The highest BCUT2D eigenvalue weighted by atomic mass is 35.5. The molecule has 0 unspecified atom stereocenters. The Morgan fingerprint density at radius 1 is 1.10 bits per heavy atom. The lowest BCUT2D eigenvalue weighted by Crippen LogP contribution is -2.30. The van der Waals surface area contributed by atoms with Crippen molar-refractivity contribution in [3.05, 3.63) is 59.2 Å². The second-order valence-corrected chi connectivity index (χ2v) is 6.88. The fourth-order valence-corrected chi connectivity index (χ4v) is 3.57. The molecule has 2 aromatic carbocycles. The van der Waals surface area contributed by atoms with Crippen LogP contribution in [-0.4, -0.2) is 29.7 Å². The number of hydrogen-bond acceptors (Lipinski definition) is 3. The first-order chi connectivity index (χ1) is 13.6. The van der Waals surface area contributed by atoms with Crippen LogP contribution in [0.3, 0.4) is 0 Å². The molecular weight excluding hydrogens is 421 g/mol. The normalized spacial score (nSPS) is 19.6. The van der Waals surface area contributed by atoms with Gasteiger partial charge < -0.3 is 14.4 Å². The zero-order chi connectivity index (χ0) is 21.3. The van der Waals surface area contributed by atoms with Crippen molar-refractivity contribution >= 4 is 17.5 Å². The number of rotatable bonds is 5. The zero-order valence-corrected chi connectivity index (χ0v) is 15.7. The van der Waals surface area contributed by atoms with Gasteiger partial charge in [-0.2, -0.15) is 0 Å². The first-order valence-electron chi connectivity index (χ1n) is 8.42. The minimum atomic E-state index is -4.82. The maximum absolute atomic E-state index is 14.5. The van der Waals surface area contributed by atoms with Crippen molar-refractivity contribution in [2.24, 2.45) is 0 Å². The Morgan fingerprint density at radius 3 is 2.31 bits per heavy atom. The quantitative estimate of drug-likeness (QED) is 0.492. The minimum absolute atomic E-state index is 0.0202. The maximum Gasteiger partial charge on any atom is 0.573 e. The molecule has 1 heterocycles. The van der Waals surface area contributed by atoms with Crippen LogP contribution in [0.5, 0.6) is 11.5 Å². The predicted octanol–water partition coefficient (Wildman–Crippen LogP) is 4.95. The summed E-state index contributed by atoms with van der Waals surface area (Å²) in [5.74, 6) is -2.79. The van der Waals surface area contributed by atoms with Gasteiger partial charge in [-0.1, -0.05) is 12.1 Å². The van der Waals surface area contributed by atoms with Crippen LogP contribution in [0.2, 0.25) is 0 Å². The van der Waals surface area contributed by atoms with Crippen LogP contribution in [0, 0.1) is 11.6 Å². The van der Waals surface area contributed by atoms with Crippen molar-refractivity contribution in [1.29, 1.82) is 0 Å². The number of amides is 1. The highest BCUT2D eigenvalue weighted by molar-refractivity contribution is 6.31.